The normalized spacial score (nSPS) is 22.9. The summed E-state index contributed by atoms with van der Waals surface area (Å²) in [7, 11) is 3.02. The molecule has 1 N–H and O–H groups in total. The molecule has 4 aromatic rings. The number of para-hydroxylation sites is 2. The van der Waals surface area contributed by atoms with Crippen molar-refractivity contribution in [1.29, 1.82) is 0 Å². The summed E-state index contributed by atoms with van der Waals surface area (Å²) in [5, 5.41) is 11.4. The molecule has 6 rings (SSSR count). The molecular formula is C28H35N7O5. The van der Waals surface area contributed by atoms with Crippen molar-refractivity contribution in [2.45, 2.75) is 63.3 Å². The molecule has 0 bridgehead atoms. The second-order valence-electron chi connectivity index (χ2n) is 11.4. The highest BCUT2D eigenvalue weighted by Gasteiger charge is 2.50. The average Bonchev–Trinajstić information content (AvgIpc) is 3.54. The van der Waals surface area contributed by atoms with Gasteiger partial charge in [0.2, 0.25) is 5.91 Å². The number of hydrogen-bond acceptors (Lipinski definition) is 7. The lowest BCUT2D eigenvalue weighted by atomic mass is 9.77. The van der Waals surface area contributed by atoms with Crippen molar-refractivity contribution in [2.24, 2.45) is 14.1 Å². The number of ether oxygens (including phenoxy) is 1. The molecule has 0 unspecified atom stereocenters. The lowest BCUT2D eigenvalue weighted by Gasteiger charge is -2.51. The minimum Gasteiger partial charge on any atom is -0.386 e. The van der Waals surface area contributed by atoms with Gasteiger partial charge in [-0.3, -0.25) is 18.7 Å². The van der Waals surface area contributed by atoms with E-state index in [0.29, 0.717) is 32.4 Å². The molecule has 2 aliphatic heterocycles. The van der Waals surface area contributed by atoms with Crippen LogP contribution < -0.4 is 11.2 Å². The summed E-state index contributed by atoms with van der Waals surface area (Å²) in [5.41, 5.74) is -0.316. The predicted molar refractivity (Wildman–Crippen MR) is 148 cm³/mol. The summed E-state index contributed by atoms with van der Waals surface area (Å²) < 4.78 is 12.4. The zero-order chi connectivity index (χ0) is 28.4. The molecule has 0 aliphatic carbocycles. The third kappa shape index (κ3) is 4.08. The van der Waals surface area contributed by atoms with E-state index in [-0.39, 0.29) is 30.2 Å². The molecule has 1 spiro atoms. The fourth-order valence-electron chi connectivity index (χ4n) is 6.34. The molecule has 12 heteroatoms. The quantitative estimate of drug-likeness (QED) is 0.404. The van der Waals surface area contributed by atoms with Gasteiger partial charge in [-0.05, 0) is 31.9 Å². The third-order valence-corrected chi connectivity index (χ3v) is 8.83. The van der Waals surface area contributed by atoms with Gasteiger partial charge in [0.15, 0.2) is 11.2 Å². The molecule has 0 saturated carbocycles. The van der Waals surface area contributed by atoms with Gasteiger partial charge >= 0.3 is 5.69 Å². The van der Waals surface area contributed by atoms with Crippen molar-refractivity contribution >= 4 is 28.1 Å². The van der Waals surface area contributed by atoms with Gasteiger partial charge in [0.05, 0.1) is 35.6 Å². The number of carbonyl (C=O) groups excluding carboxylic acids is 1. The van der Waals surface area contributed by atoms with Gasteiger partial charge in [-0.15, -0.1) is 0 Å². The van der Waals surface area contributed by atoms with E-state index in [9.17, 15) is 19.5 Å². The maximum Gasteiger partial charge on any atom is 0.332 e. The van der Waals surface area contributed by atoms with E-state index in [2.05, 4.69) is 9.97 Å². The van der Waals surface area contributed by atoms with Crippen LogP contribution in [0.3, 0.4) is 0 Å². The molecule has 12 nitrogen and oxygen atoms in total. The van der Waals surface area contributed by atoms with Crippen LogP contribution in [0.5, 0.6) is 0 Å². The first-order valence-electron chi connectivity index (χ1n) is 13.8. The topological polar surface area (TPSA) is 129 Å². The number of benzene rings is 1. The third-order valence-electron chi connectivity index (χ3n) is 8.83. The van der Waals surface area contributed by atoms with Crippen LogP contribution in [0, 0.1) is 0 Å². The number of hydrogen-bond donors (Lipinski definition) is 1. The molecule has 1 aromatic carbocycles. The van der Waals surface area contributed by atoms with Crippen LogP contribution in [0.15, 0.2) is 40.2 Å². The Labute approximate surface area is 230 Å². The second kappa shape index (κ2) is 9.41. The first-order chi connectivity index (χ1) is 19.0. The zero-order valence-corrected chi connectivity index (χ0v) is 23.3. The van der Waals surface area contributed by atoms with Crippen LogP contribution >= 0.6 is 0 Å². The van der Waals surface area contributed by atoms with Crippen LogP contribution in [0.2, 0.25) is 0 Å². The number of aliphatic hydroxyl groups is 1. The lowest BCUT2D eigenvalue weighted by molar-refractivity contribution is -0.201. The van der Waals surface area contributed by atoms with Gasteiger partial charge in [0.25, 0.3) is 5.56 Å². The van der Waals surface area contributed by atoms with Crippen molar-refractivity contribution in [2.75, 3.05) is 19.7 Å². The summed E-state index contributed by atoms with van der Waals surface area (Å²) in [6.45, 7) is 5.11. The summed E-state index contributed by atoms with van der Waals surface area (Å²) in [6, 6.07) is 7.37. The Kier molecular flexibility index (Phi) is 6.22. The monoisotopic (exact) mass is 549 g/mol. The molecule has 2 atom stereocenters. The number of fused-ring (bicyclic) bond motifs is 2. The molecule has 212 valence electrons. The van der Waals surface area contributed by atoms with Crippen molar-refractivity contribution in [3.05, 3.63) is 57.3 Å². The van der Waals surface area contributed by atoms with Crippen LogP contribution in [0.4, 0.5) is 0 Å². The van der Waals surface area contributed by atoms with Gasteiger partial charge < -0.3 is 23.9 Å². The Morgan fingerprint density at radius 2 is 1.88 bits per heavy atom. The standard InChI is InChI=1S/C28H35N7O5/c1-5-21-30-18-8-6-7-9-19(18)34(21)15-22(36)33-12-10-28(11-13-33)14-20(27(2,39)16-40-28)35-17-29-24-23(35)25(37)32(4)26(38)31(24)3/h6-9,17,20,39H,5,10-16H2,1-4H3/t20-,27-/m0/s1. The Morgan fingerprint density at radius 1 is 1.15 bits per heavy atom. The SMILES string of the molecule is CCc1nc2ccccc2n1CC(=O)N1CCC2(CC1)C[C@H](n1cnc3c1c(=O)n(C)c(=O)n3C)[C@@](C)(O)CO2. The number of nitrogens with zero attached hydrogens (tertiary/aromatic N) is 7. The lowest BCUT2D eigenvalue weighted by Crippen LogP contribution is -2.57. The highest BCUT2D eigenvalue weighted by Crippen LogP contribution is 2.44. The summed E-state index contributed by atoms with van der Waals surface area (Å²) >= 11 is 0. The van der Waals surface area contributed by atoms with Gasteiger partial charge in [-0.25, -0.2) is 14.8 Å². The number of piperidine rings is 1. The van der Waals surface area contributed by atoms with E-state index in [1.165, 1.54) is 17.9 Å². The van der Waals surface area contributed by atoms with E-state index in [4.69, 9.17) is 4.74 Å². The molecule has 2 aliphatic rings. The summed E-state index contributed by atoms with van der Waals surface area (Å²) in [4.78, 5) is 49.8. The van der Waals surface area contributed by atoms with Crippen molar-refractivity contribution < 1.29 is 14.6 Å². The Bertz CT molecular complexity index is 1740. The Morgan fingerprint density at radius 3 is 2.60 bits per heavy atom. The van der Waals surface area contributed by atoms with Crippen LogP contribution in [-0.2, 0) is 36.6 Å². The summed E-state index contributed by atoms with van der Waals surface area (Å²) in [6.07, 6.45) is 3.94. The molecule has 40 heavy (non-hydrogen) atoms. The van der Waals surface area contributed by atoms with Gasteiger partial charge in [0, 0.05) is 40.0 Å². The average molecular weight is 550 g/mol. The number of aromatic nitrogens is 6. The molecule has 1 amide bonds. The zero-order valence-electron chi connectivity index (χ0n) is 23.3. The Hall–Kier alpha value is -3.77. The van der Waals surface area contributed by atoms with Crippen LogP contribution in [-0.4, -0.2) is 75.0 Å². The van der Waals surface area contributed by atoms with Crippen molar-refractivity contribution in [3.63, 3.8) is 0 Å². The smallest absolute Gasteiger partial charge is 0.332 e. The maximum absolute atomic E-state index is 13.4. The highest BCUT2D eigenvalue weighted by molar-refractivity contribution is 5.81. The molecule has 2 fully saturated rings. The van der Waals surface area contributed by atoms with Gasteiger partial charge in [-0.2, -0.15) is 0 Å². The van der Waals surface area contributed by atoms with Gasteiger partial charge in [0.1, 0.15) is 18.0 Å². The summed E-state index contributed by atoms with van der Waals surface area (Å²) in [5.74, 6) is 0.928. The van der Waals surface area contributed by atoms with E-state index >= 15 is 0 Å². The van der Waals surface area contributed by atoms with Crippen LogP contribution in [0.25, 0.3) is 22.2 Å². The highest BCUT2D eigenvalue weighted by atomic mass is 16.5. The number of likely N-dealkylation sites (tertiary alicyclic amines) is 1. The van der Waals surface area contributed by atoms with Crippen molar-refractivity contribution in [3.8, 4) is 0 Å². The molecular weight excluding hydrogens is 514 g/mol. The number of amides is 1. The van der Waals surface area contributed by atoms with E-state index in [1.807, 2.05) is 40.7 Å². The van der Waals surface area contributed by atoms with Crippen LogP contribution in [0.1, 0.15) is 45.0 Å². The molecule has 2 saturated heterocycles. The number of rotatable bonds is 4. The van der Waals surface area contributed by atoms with E-state index in [1.54, 1.807) is 18.5 Å². The van der Waals surface area contributed by atoms with Crippen molar-refractivity contribution in [1.82, 2.24) is 33.1 Å². The predicted octanol–water partition coefficient (Wildman–Crippen LogP) is 1.12. The maximum atomic E-state index is 13.4. The van der Waals surface area contributed by atoms with E-state index < -0.39 is 28.5 Å². The first-order valence-corrected chi connectivity index (χ1v) is 13.8. The largest absolute Gasteiger partial charge is 0.386 e. The number of aryl methyl sites for hydroxylation is 2. The minimum atomic E-state index is -1.26. The minimum absolute atomic E-state index is 0.0390. The number of carbonyl (C=O) groups is 1. The second-order valence-corrected chi connectivity index (χ2v) is 11.4. The van der Waals surface area contributed by atoms with Gasteiger partial charge in [-0.1, -0.05) is 19.1 Å². The molecule has 5 heterocycles. The first kappa shape index (κ1) is 26.5. The molecule has 0 radical (unpaired) electrons. The Balaban J connectivity index is 1.23. The van der Waals surface area contributed by atoms with E-state index in [0.717, 1.165) is 27.8 Å². The fraction of sp³-hybridized carbons (Fsp3) is 0.536. The number of imidazole rings is 2. The fourth-order valence-corrected chi connectivity index (χ4v) is 6.34. The molecule has 3 aromatic heterocycles.